The number of benzene rings is 1. The first-order valence-electron chi connectivity index (χ1n) is 7.71. The van der Waals surface area contributed by atoms with E-state index in [0.717, 1.165) is 23.3 Å². The van der Waals surface area contributed by atoms with Gasteiger partial charge in [-0.3, -0.25) is 14.9 Å². The van der Waals surface area contributed by atoms with Gasteiger partial charge in [-0.05, 0) is 31.0 Å². The summed E-state index contributed by atoms with van der Waals surface area (Å²) in [6.45, 7) is 3.55. The van der Waals surface area contributed by atoms with Crippen molar-refractivity contribution in [1.82, 2.24) is 0 Å². The number of hydrogen-bond donors (Lipinski definition) is 1. The van der Waals surface area contributed by atoms with Crippen LogP contribution in [-0.4, -0.2) is 23.4 Å². The maximum atomic E-state index is 12.0. The molecule has 0 aliphatic heterocycles. The highest BCUT2D eigenvalue weighted by Gasteiger charge is 2.15. The third kappa shape index (κ3) is 5.12. The van der Waals surface area contributed by atoms with Crippen LogP contribution >= 0.6 is 11.3 Å². The lowest BCUT2D eigenvalue weighted by Gasteiger charge is -2.05. The van der Waals surface area contributed by atoms with Crippen LogP contribution in [0.25, 0.3) is 0 Å². The zero-order valence-electron chi connectivity index (χ0n) is 13.9. The van der Waals surface area contributed by atoms with Gasteiger partial charge in [-0.25, -0.2) is 4.79 Å². The van der Waals surface area contributed by atoms with Crippen molar-refractivity contribution in [3.63, 3.8) is 0 Å². The Labute approximate surface area is 148 Å². The molecule has 7 nitrogen and oxygen atoms in total. The number of nitrogens with one attached hydrogen (secondary N) is 1. The Kier molecular flexibility index (Phi) is 6.24. The van der Waals surface area contributed by atoms with E-state index in [4.69, 9.17) is 4.74 Å². The van der Waals surface area contributed by atoms with Crippen molar-refractivity contribution in [2.24, 2.45) is 0 Å². The van der Waals surface area contributed by atoms with E-state index in [1.54, 1.807) is 6.07 Å². The molecule has 0 spiro atoms. The first kappa shape index (κ1) is 18.6. The molecule has 1 N–H and O–H groups in total. The zero-order chi connectivity index (χ0) is 18.4. The van der Waals surface area contributed by atoms with Gasteiger partial charge in [0.15, 0.2) is 6.61 Å². The average molecular weight is 362 g/mol. The van der Waals surface area contributed by atoms with E-state index < -0.39 is 23.4 Å². The number of thiophene rings is 1. The quantitative estimate of drug-likeness (QED) is 0.460. The predicted molar refractivity (Wildman–Crippen MR) is 95.1 cm³/mol. The molecule has 0 bridgehead atoms. The molecule has 0 aliphatic rings. The molecule has 1 heterocycles. The van der Waals surface area contributed by atoms with Gasteiger partial charge in [0, 0.05) is 22.7 Å². The van der Waals surface area contributed by atoms with Crippen LogP contribution in [0.5, 0.6) is 0 Å². The Balaban J connectivity index is 1.91. The first-order valence-corrected chi connectivity index (χ1v) is 8.53. The number of anilines is 1. The molecule has 8 heteroatoms. The molecule has 0 unspecified atom stereocenters. The van der Waals surface area contributed by atoms with Gasteiger partial charge in [-0.1, -0.05) is 19.4 Å². The van der Waals surface area contributed by atoms with E-state index in [1.165, 1.54) is 35.6 Å². The summed E-state index contributed by atoms with van der Waals surface area (Å²) < 4.78 is 5.01. The van der Waals surface area contributed by atoms with Crippen LogP contribution in [-0.2, 0) is 16.0 Å². The van der Waals surface area contributed by atoms with Crippen molar-refractivity contribution in [3.8, 4) is 0 Å². The number of carbonyl (C=O) groups excluding carboxylic acids is 2. The molecule has 0 saturated heterocycles. The molecule has 1 aromatic heterocycles. The predicted octanol–water partition coefficient (Wildman–Crippen LogP) is 3.71. The van der Waals surface area contributed by atoms with Crippen molar-refractivity contribution in [2.75, 3.05) is 11.9 Å². The second kappa shape index (κ2) is 8.39. The maximum absolute atomic E-state index is 12.0. The molecular weight excluding hydrogens is 344 g/mol. The first-order chi connectivity index (χ1) is 11.9. The second-order valence-electron chi connectivity index (χ2n) is 5.37. The lowest BCUT2D eigenvalue weighted by atomic mass is 10.1. The van der Waals surface area contributed by atoms with E-state index in [9.17, 15) is 19.7 Å². The highest BCUT2D eigenvalue weighted by molar-refractivity contribution is 7.14. The molecule has 1 amide bonds. The number of carbonyl (C=O) groups is 2. The highest BCUT2D eigenvalue weighted by atomic mass is 32.1. The van der Waals surface area contributed by atoms with Gasteiger partial charge in [-0.15, -0.1) is 11.3 Å². The molecule has 0 atom stereocenters. The minimum atomic E-state index is -0.559. The Morgan fingerprint density at radius 3 is 2.76 bits per heavy atom. The van der Waals surface area contributed by atoms with Crippen LogP contribution < -0.4 is 5.32 Å². The Morgan fingerprint density at radius 2 is 2.08 bits per heavy atom. The maximum Gasteiger partial charge on any atom is 0.348 e. The average Bonchev–Trinajstić information content (AvgIpc) is 2.94. The third-order valence-electron chi connectivity index (χ3n) is 3.42. The largest absolute Gasteiger partial charge is 0.451 e. The summed E-state index contributed by atoms with van der Waals surface area (Å²) in [6.07, 6.45) is 1.88. The molecule has 0 fully saturated rings. The number of esters is 1. The SMILES string of the molecule is CCCc1cc(C(=O)OCC(=O)Nc2cccc([N+](=O)[O-])c2)sc1C. The lowest BCUT2D eigenvalue weighted by Crippen LogP contribution is -2.20. The van der Waals surface area contributed by atoms with Crippen molar-refractivity contribution in [3.05, 3.63) is 55.8 Å². The normalized spacial score (nSPS) is 10.3. The number of hydrogen-bond acceptors (Lipinski definition) is 6. The van der Waals surface area contributed by atoms with Gasteiger partial charge in [-0.2, -0.15) is 0 Å². The number of nitro benzene ring substituents is 1. The molecule has 2 rings (SSSR count). The molecule has 2 aromatic rings. The van der Waals surface area contributed by atoms with Crippen LogP contribution in [0.2, 0.25) is 0 Å². The molecule has 25 heavy (non-hydrogen) atoms. The van der Waals surface area contributed by atoms with Crippen LogP contribution in [0, 0.1) is 17.0 Å². The van der Waals surface area contributed by atoms with E-state index in [0.29, 0.717) is 4.88 Å². The van der Waals surface area contributed by atoms with Crippen LogP contribution in [0.15, 0.2) is 30.3 Å². The Bertz CT molecular complexity index is 800. The highest BCUT2D eigenvalue weighted by Crippen LogP contribution is 2.23. The fraction of sp³-hybridized carbons (Fsp3) is 0.294. The van der Waals surface area contributed by atoms with Crippen molar-refractivity contribution in [1.29, 1.82) is 0 Å². The fourth-order valence-electron chi connectivity index (χ4n) is 2.23. The van der Waals surface area contributed by atoms with Crippen molar-refractivity contribution in [2.45, 2.75) is 26.7 Å². The number of amides is 1. The monoisotopic (exact) mass is 362 g/mol. The van der Waals surface area contributed by atoms with Crippen LogP contribution in [0.3, 0.4) is 0 Å². The summed E-state index contributed by atoms with van der Waals surface area (Å²) in [4.78, 5) is 35.6. The number of aryl methyl sites for hydroxylation is 2. The summed E-state index contributed by atoms with van der Waals surface area (Å²) in [6, 6.07) is 7.34. The standard InChI is InChI=1S/C17H18N2O5S/c1-3-5-12-8-15(25-11(12)2)17(21)24-10-16(20)18-13-6-4-7-14(9-13)19(22)23/h4,6-9H,3,5,10H2,1-2H3,(H,18,20). The van der Waals surface area contributed by atoms with Crippen LogP contribution in [0.4, 0.5) is 11.4 Å². The molecule has 0 radical (unpaired) electrons. The second-order valence-corrected chi connectivity index (χ2v) is 6.63. The Morgan fingerprint density at radius 1 is 1.32 bits per heavy atom. The topological polar surface area (TPSA) is 98.5 Å². The van der Waals surface area contributed by atoms with E-state index in [2.05, 4.69) is 12.2 Å². The van der Waals surface area contributed by atoms with Gasteiger partial charge in [0.1, 0.15) is 4.88 Å². The fourth-order valence-corrected chi connectivity index (χ4v) is 3.20. The number of nitrogens with zero attached hydrogens (tertiary/aromatic N) is 1. The summed E-state index contributed by atoms with van der Waals surface area (Å²) in [5.74, 6) is -1.11. The number of nitro groups is 1. The summed E-state index contributed by atoms with van der Waals surface area (Å²) in [7, 11) is 0. The van der Waals surface area contributed by atoms with Gasteiger partial charge in [0.05, 0.1) is 4.92 Å². The van der Waals surface area contributed by atoms with Crippen molar-refractivity contribution >= 4 is 34.6 Å². The van der Waals surface area contributed by atoms with Crippen LogP contribution in [0.1, 0.15) is 33.5 Å². The smallest absolute Gasteiger partial charge is 0.348 e. The molecule has 0 aliphatic carbocycles. The zero-order valence-corrected chi connectivity index (χ0v) is 14.7. The van der Waals surface area contributed by atoms with Gasteiger partial charge in [0.25, 0.3) is 11.6 Å². The summed E-state index contributed by atoms with van der Waals surface area (Å²) in [5.41, 5.74) is 1.25. The lowest BCUT2D eigenvalue weighted by molar-refractivity contribution is -0.384. The van der Waals surface area contributed by atoms with Gasteiger partial charge in [0.2, 0.25) is 0 Å². The molecule has 0 saturated carbocycles. The number of ether oxygens (including phenoxy) is 1. The minimum Gasteiger partial charge on any atom is -0.451 e. The number of rotatable bonds is 7. The van der Waals surface area contributed by atoms with Gasteiger partial charge < -0.3 is 10.1 Å². The molecule has 1 aromatic carbocycles. The third-order valence-corrected chi connectivity index (χ3v) is 4.49. The van der Waals surface area contributed by atoms with E-state index >= 15 is 0 Å². The van der Waals surface area contributed by atoms with E-state index in [-0.39, 0.29) is 11.4 Å². The van der Waals surface area contributed by atoms with Crippen molar-refractivity contribution < 1.29 is 19.2 Å². The summed E-state index contributed by atoms with van der Waals surface area (Å²) >= 11 is 1.34. The molecular formula is C17H18N2O5S. The summed E-state index contributed by atoms with van der Waals surface area (Å²) in [5, 5.41) is 13.2. The Hall–Kier alpha value is -2.74. The molecule has 132 valence electrons. The minimum absolute atomic E-state index is 0.132. The van der Waals surface area contributed by atoms with Gasteiger partial charge >= 0.3 is 5.97 Å². The van der Waals surface area contributed by atoms with E-state index in [1.807, 2.05) is 6.92 Å². The number of non-ortho nitro benzene ring substituents is 1.